The zero-order valence-corrected chi connectivity index (χ0v) is 22.1. The van der Waals surface area contributed by atoms with Gasteiger partial charge in [0, 0.05) is 30.0 Å². The largest absolute Gasteiger partial charge is 0.480 e. The van der Waals surface area contributed by atoms with Gasteiger partial charge in [0.05, 0.1) is 5.03 Å². The zero-order chi connectivity index (χ0) is 26.7. The molecule has 0 aromatic rings. The lowest BCUT2D eigenvalue weighted by atomic mass is 9.79. The second kappa shape index (κ2) is 11.2. The summed E-state index contributed by atoms with van der Waals surface area (Å²) in [5.41, 5.74) is -0.443. The van der Waals surface area contributed by atoms with Gasteiger partial charge in [-0.15, -0.1) is 0 Å². The first kappa shape index (κ1) is 28.3. The van der Waals surface area contributed by atoms with Crippen LogP contribution in [-0.4, -0.2) is 45.2 Å². The van der Waals surface area contributed by atoms with E-state index < -0.39 is 35.1 Å². The van der Waals surface area contributed by atoms with Crippen LogP contribution in [-0.2, 0) is 23.9 Å². The van der Waals surface area contributed by atoms with Gasteiger partial charge >= 0.3 is 11.9 Å². The topological polar surface area (TPSA) is 101 Å². The SMILES string of the molecule is CC[C@H](C)/C=C(C)/C=C/C1=CC2=C(Cl)C(=O)[C@](C)(OC(C)=O)C(=O)C2=CN1[C@@H](CC(C)C)C(=O)O. The Labute approximate surface area is 211 Å². The van der Waals surface area contributed by atoms with Gasteiger partial charge in [0.2, 0.25) is 17.2 Å². The van der Waals surface area contributed by atoms with E-state index in [1.807, 2.05) is 26.8 Å². The molecule has 0 radical (unpaired) electrons. The van der Waals surface area contributed by atoms with Crippen molar-refractivity contribution in [2.24, 2.45) is 11.8 Å². The molecule has 0 unspecified atom stereocenters. The number of allylic oxidation sites excluding steroid dienone is 6. The molecule has 7 nitrogen and oxygen atoms in total. The molecule has 0 fully saturated rings. The third-order valence-electron chi connectivity index (χ3n) is 6.07. The van der Waals surface area contributed by atoms with Gasteiger partial charge < -0.3 is 14.7 Å². The van der Waals surface area contributed by atoms with E-state index in [1.165, 1.54) is 18.0 Å². The number of carbonyl (C=O) groups is 4. The number of carboxylic acid groups (broad SMARTS) is 1. The van der Waals surface area contributed by atoms with Crippen molar-refractivity contribution in [3.05, 3.63) is 58.0 Å². The van der Waals surface area contributed by atoms with E-state index in [-0.39, 0.29) is 22.1 Å². The standard InChI is InChI=1S/C27H34ClNO6/c1-8-16(4)12-17(5)9-10-19-13-20-21(14-29(19)22(26(33)34)11-15(2)3)24(31)27(7,35-18(6)30)25(32)23(20)28/h9-10,12-16,22H,8,11H2,1-7H3,(H,33,34)/b10-9+,17-12+/t16-,22-,27+/m0/s1. The molecule has 1 heterocycles. The summed E-state index contributed by atoms with van der Waals surface area (Å²) in [7, 11) is 0. The van der Waals surface area contributed by atoms with Crippen molar-refractivity contribution in [2.45, 2.75) is 73.0 Å². The molecule has 0 bridgehead atoms. The van der Waals surface area contributed by atoms with E-state index in [1.54, 1.807) is 12.2 Å². The fraction of sp³-hybridized carbons (Fsp3) is 0.481. The maximum Gasteiger partial charge on any atom is 0.326 e. The predicted octanol–water partition coefficient (Wildman–Crippen LogP) is 5.08. The summed E-state index contributed by atoms with van der Waals surface area (Å²) >= 11 is 6.39. The predicted molar refractivity (Wildman–Crippen MR) is 134 cm³/mol. The summed E-state index contributed by atoms with van der Waals surface area (Å²) in [5, 5.41) is 9.78. The van der Waals surface area contributed by atoms with Gasteiger partial charge in [-0.25, -0.2) is 4.79 Å². The molecule has 2 aliphatic rings. The fourth-order valence-electron chi connectivity index (χ4n) is 4.04. The quantitative estimate of drug-likeness (QED) is 0.266. The Bertz CT molecular complexity index is 1080. The van der Waals surface area contributed by atoms with Crippen molar-refractivity contribution in [2.75, 3.05) is 0 Å². The summed E-state index contributed by atoms with van der Waals surface area (Å²) < 4.78 is 5.11. The Hall–Kier alpha value is -2.93. The van der Waals surface area contributed by atoms with Gasteiger partial charge in [0.25, 0.3) is 0 Å². The Morgan fingerprint density at radius 3 is 2.34 bits per heavy atom. The molecule has 0 aromatic carbocycles. The van der Waals surface area contributed by atoms with Gasteiger partial charge in [0.1, 0.15) is 6.04 Å². The molecule has 0 spiro atoms. The molecule has 0 aromatic heterocycles. The first-order valence-electron chi connectivity index (χ1n) is 11.7. The van der Waals surface area contributed by atoms with Crippen molar-refractivity contribution < 1.29 is 29.0 Å². The van der Waals surface area contributed by atoms with E-state index in [0.29, 0.717) is 18.0 Å². The number of halogens is 1. The van der Waals surface area contributed by atoms with Crippen LogP contribution in [0.3, 0.4) is 0 Å². The smallest absolute Gasteiger partial charge is 0.326 e. The molecule has 0 saturated carbocycles. The molecule has 190 valence electrons. The average Bonchev–Trinajstić information content (AvgIpc) is 2.77. The minimum Gasteiger partial charge on any atom is -0.480 e. The van der Waals surface area contributed by atoms with Crippen LogP contribution in [0.5, 0.6) is 0 Å². The Balaban J connectivity index is 2.71. The normalized spacial score (nSPS) is 22.8. The molecule has 1 aliphatic heterocycles. The van der Waals surface area contributed by atoms with E-state index in [9.17, 15) is 24.3 Å². The number of nitrogens with zero attached hydrogens (tertiary/aromatic N) is 1. The number of hydrogen-bond acceptors (Lipinski definition) is 6. The molecule has 3 atom stereocenters. The van der Waals surface area contributed by atoms with E-state index in [0.717, 1.165) is 18.9 Å². The van der Waals surface area contributed by atoms with Crippen LogP contribution in [0.15, 0.2) is 58.0 Å². The van der Waals surface area contributed by atoms with Gasteiger partial charge in [-0.2, -0.15) is 0 Å². The van der Waals surface area contributed by atoms with E-state index in [2.05, 4.69) is 19.9 Å². The Kier molecular flexibility index (Phi) is 9.06. The molecular weight excluding hydrogens is 470 g/mol. The molecular formula is C27H34ClNO6. The number of Topliss-reactive ketones (excluding diaryl/α,β-unsaturated/α-hetero) is 2. The fourth-order valence-corrected chi connectivity index (χ4v) is 4.38. The molecule has 0 amide bonds. The highest BCUT2D eigenvalue weighted by Gasteiger charge is 2.52. The van der Waals surface area contributed by atoms with Crippen molar-refractivity contribution in [1.29, 1.82) is 0 Å². The Morgan fingerprint density at radius 1 is 1.20 bits per heavy atom. The molecule has 1 aliphatic carbocycles. The van der Waals surface area contributed by atoms with Crippen LogP contribution in [0, 0.1) is 11.8 Å². The number of ether oxygens (including phenoxy) is 1. The summed E-state index contributed by atoms with van der Waals surface area (Å²) in [6.07, 6.45) is 9.97. The van der Waals surface area contributed by atoms with E-state index in [4.69, 9.17) is 16.3 Å². The molecule has 8 heteroatoms. The van der Waals surface area contributed by atoms with E-state index >= 15 is 0 Å². The van der Waals surface area contributed by atoms with Crippen LogP contribution >= 0.6 is 11.6 Å². The molecule has 0 saturated heterocycles. The summed E-state index contributed by atoms with van der Waals surface area (Å²) in [6.45, 7) is 12.3. The number of ketones is 2. The lowest BCUT2D eigenvalue weighted by molar-refractivity contribution is -0.167. The third kappa shape index (κ3) is 6.20. The van der Waals surface area contributed by atoms with Crippen LogP contribution in [0.2, 0.25) is 0 Å². The highest BCUT2D eigenvalue weighted by molar-refractivity contribution is 6.49. The summed E-state index contributed by atoms with van der Waals surface area (Å²) in [4.78, 5) is 51.7. The summed E-state index contributed by atoms with van der Waals surface area (Å²) in [6, 6.07) is -0.969. The van der Waals surface area contributed by atoms with Crippen LogP contribution in [0.25, 0.3) is 0 Å². The van der Waals surface area contributed by atoms with Crippen molar-refractivity contribution in [3.8, 4) is 0 Å². The van der Waals surface area contributed by atoms with Gasteiger partial charge in [-0.05, 0) is 44.3 Å². The van der Waals surface area contributed by atoms with Gasteiger partial charge in [-0.3, -0.25) is 14.4 Å². The van der Waals surface area contributed by atoms with Crippen LogP contribution < -0.4 is 0 Å². The average molecular weight is 504 g/mol. The first-order chi connectivity index (χ1) is 16.2. The first-order valence-corrected chi connectivity index (χ1v) is 12.1. The van der Waals surface area contributed by atoms with Gasteiger partial charge in [0.15, 0.2) is 0 Å². The van der Waals surface area contributed by atoms with Crippen molar-refractivity contribution in [3.63, 3.8) is 0 Å². The monoisotopic (exact) mass is 503 g/mol. The maximum absolute atomic E-state index is 13.4. The number of esters is 1. The lowest BCUT2D eigenvalue weighted by Gasteiger charge is -2.37. The molecule has 2 rings (SSSR count). The number of aliphatic carboxylic acids is 1. The number of carbonyl (C=O) groups excluding carboxylic acids is 3. The Morgan fingerprint density at radius 2 is 1.83 bits per heavy atom. The third-order valence-corrected chi connectivity index (χ3v) is 6.44. The second-order valence-electron chi connectivity index (χ2n) is 9.65. The number of fused-ring (bicyclic) bond motifs is 1. The minimum atomic E-state index is -2.11. The highest BCUT2D eigenvalue weighted by Crippen LogP contribution is 2.40. The maximum atomic E-state index is 13.4. The number of rotatable bonds is 9. The minimum absolute atomic E-state index is 0.0253. The number of carboxylic acids is 1. The second-order valence-corrected chi connectivity index (χ2v) is 10.0. The lowest BCUT2D eigenvalue weighted by Crippen LogP contribution is -2.52. The molecule has 1 N–H and O–H groups in total. The van der Waals surface area contributed by atoms with Crippen LogP contribution in [0.4, 0.5) is 0 Å². The highest BCUT2D eigenvalue weighted by atomic mass is 35.5. The number of hydrogen-bond donors (Lipinski definition) is 1. The summed E-state index contributed by atoms with van der Waals surface area (Å²) in [5.74, 6) is -2.99. The van der Waals surface area contributed by atoms with Crippen molar-refractivity contribution >= 4 is 35.1 Å². The van der Waals surface area contributed by atoms with Gasteiger partial charge in [-0.1, -0.05) is 63.4 Å². The zero-order valence-electron chi connectivity index (χ0n) is 21.3. The van der Waals surface area contributed by atoms with Crippen LogP contribution in [0.1, 0.15) is 61.3 Å². The van der Waals surface area contributed by atoms with Crippen molar-refractivity contribution in [1.82, 2.24) is 4.90 Å². The molecule has 35 heavy (non-hydrogen) atoms.